The molecule has 2 aromatic rings. The number of alkyl carbamates (subject to hydrolysis) is 1. The predicted octanol–water partition coefficient (Wildman–Crippen LogP) is 10.5. The van der Waals surface area contributed by atoms with Crippen LogP contribution < -0.4 is 5.32 Å². The van der Waals surface area contributed by atoms with Gasteiger partial charge in [-0.15, -0.1) is 0 Å². The fourth-order valence-electron chi connectivity index (χ4n) is 5.95. The molecular formula is C39H61NO4Si. The van der Waals surface area contributed by atoms with Gasteiger partial charge < -0.3 is 19.6 Å². The SMILES string of the molecule is CCCCCCCCCCCCCC=CC(O[Si](C)(C)C(C)(C)C)C(CO)NC(=O)OCC1c2ccccc2-c2ccccc21. The highest BCUT2D eigenvalue weighted by atomic mass is 28.4. The zero-order valence-corrected chi connectivity index (χ0v) is 30.1. The van der Waals surface area contributed by atoms with E-state index in [1.807, 2.05) is 24.3 Å². The van der Waals surface area contributed by atoms with Crippen molar-refractivity contribution in [3.05, 3.63) is 71.8 Å². The fourth-order valence-corrected chi connectivity index (χ4v) is 7.23. The topological polar surface area (TPSA) is 67.8 Å². The van der Waals surface area contributed by atoms with Crippen LogP contribution in [0, 0.1) is 0 Å². The second kappa shape index (κ2) is 18.7. The summed E-state index contributed by atoms with van der Waals surface area (Å²) in [5.74, 6) is -0.0132. The van der Waals surface area contributed by atoms with Crippen molar-refractivity contribution in [2.75, 3.05) is 13.2 Å². The molecule has 1 aliphatic rings. The number of rotatable bonds is 20. The van der Waals surface area contributed by atoms with Gasteiger partial charge in [-0.05, 0) is 53.2 Å². The average molecular weight is 636 g/mol. The highest BCUT2D eigenvalue weighted by molar-refractivity contribution is 6.74. The third kappa shape index (κ3) is 11.4. The van der Waals surface area contributed by atoms with E-state index in [1.54, 1.807) is 0 Å². The van der Waals surface area contributed by atoms with E-state index >= 15 is 0 Å². The first kappa shape index (κ1) is 37.0. The average Bonchev–Trinajstić information content (AvgIpc) is 3.33. The molecule has 0 radical (unpaired) electrons. The van der Waals surface area contributed by atoms with Crippen LogP contribution in [-0.4, -0.2) is 44.9 Å². The van der Waals surface area contributed by atoms with Crippen LogP contribution in [0.1, 0.15) is 122 Å². The standard InChI is InChI=1S/C39H61NO4Si/c1-7-8-9-10-11-12-13-14-15-16-17-18-19-28-37(44-45(5,6)39(2,3)4)36(29-41)40-38(42)43-30-35-33-26-22-20-24-31(33)32-25-21-23-27-34(32)35/h19-28,35-37,41H,7-18,29-30H2,1-6H3,(H,40,42). The highest BCUT2D eigenvalue weighted by Gasteiger charge is 2.40. The van der Waals surface area contributed by atoms with Crippen LogP contribution in [0.4, 0.5) is 4.79 Å². The number of ether oxygens (including phenoxy) is 1. The molecule has 0 saturated carbocycles. The van der Waals surface area contributed by atoms with Gasteiger partial charge in [0, 0.05) is 5.92 Å². The quantitative estimate of drug-likeness (QED) is 0.0863. The van der Waals surface area contributed by atoms with Gasteiger partial charge in [0.2, 0.25) is 0 Å². The van der Waals surface area contributed by atoms with Crippen LogP contribution in [0.3, 0.4) is 0 Å². The zero-order chi connectivity index (χ0) is 32.7. The molecule has 2 aromatic carbocycles. The minimum Gasteiger partial charge on any atom is -0.449 e. The van der Waals surface area contributed by atoms with Crippen LogP contribution >= 0.6 is 0 Å². The fraction of sp³-hybridized carbons (Fsp3) is 0.615. The summed E-state index contributed by atoms with van der Waals surface area (Å²) in [6.45, 7) is 13.3. The molecule has 0 heterocycles. The lowest BCUT2D eigenvalue weighted by atomic mass is 9.98. The number of aliphatic hydroxyl groups excluding tert-OH is 1. The van der Waals surface area contributed by atoms with Crippen molar-refractivity contribution in [2.45, 2.75) is 141 Å². The summed E-state index contributed by atoms with van der Waals surface area (Å²) < 4.78 is 12.6. The Kier molecular flexibility index (Phi) is 15.4. The molecule has 0 fully saturated rings. The molecule has 0 aliphatic heterocycles. The molecule has 250 valence electrons. The van der Waals surface area contributed by atoms with Gasteiger partial charge in [0.25, 0.3) is 0 Å². The van der Waals surface area contributed by atoms with Gasteiger partial charge in [0.1, 0.15) is 6.61 Å². The second-order valence-corrected chi connectivity index (χ2v) is 19.1. The molecule has 2 unspecified atom stereocenters. The van der Waals surface area contributed by atoms with E-state index in [2.05, 4.69) is 82.5 Å². The molecule has 1 amide bonds. The van der Waals surface area contributed by atoms with Gasteiger partial charge in [-0.2, -0.15) is 0 Å². The molecule has 1 aliphatic carbocycles. The number of fused-ring (bicyclic) bond motifs is 3. The van der Waals surface area contributed by atoms with Crippen molar-refractivity contribution in [3.63, 3.8) is 0 Å². The summed E-state index contributed by atoms with van der Waals surface area (Å²) in [5.41, 5.74) is 4.74. The normalized spacial score (nSPS) is 14.7. The number of unbranched alkanes of at least 4 members (excludes halogenated alkanes) is 11. The van der Waals surface area contributed by atoms with E-state index in [-0.39, 0.29) is 24.2 Å². The summed E-state index contributed by atoms with van der Waals surface area (Å²) in [6.07, 6.45) is 18.8. The Hall–Kier alpha value is -2.41. The number of hydrogen-bond acceptors (Lipinski definition) is 4. The van der Waals surface area contributed by atoms with E-state index < -0.39 is 26.6 Å². The van der Waals surface area contributed by atoms with Crippen LogP contribution in [-0.2, 0) is 9.16 Å². The van der Waals surface area contributed by atoms with Gasteiger partial charge in [0.15, 0.2) is 8.32 Å². The molecule has 3 rings (SSSR count). The third-order valence-electron chi connectivity index (χ3n) is 9.78. The third-order valence-corrected chi connectivity index (χ3v) is 14.3. The Morgan fingerprint density at radius 1 is 0.867 bits per heavy atom. The Balaban J connectivity index is 1.53. The van der Waals surface area contributed by atoms with Crippen molar-refractivity contribution in [1.82, 2.24) is 5.32 Å². The molecule has 2 N–H and O–H groups in total. The second-order valence-electron chi connectivity index (χ2n) is 14.4. The van der Waals surface area contributed by atoms with E-state index in [1.165, 1.54) is 86.5 Å². The Labute approximate surface area is 275 Å². The number of carbonyl (C=O) groups is 1. The van der Waals surface area contributed by atoms with Crippen LogP contribution in [0.25, 0.3) is 11.1 Å². The molecule has 5 nitrogen and oxygen atoms in total. The molecule has 6 heteroatoms. The number of aliphatic hydroxyl groups is 1. The summed E-state index contributed by atoms with van der Waals surface area (Å²) in [5, 5.41) is 13.4. The molecule has 0 spiro atoms. The predicted molar refractivity (Wildman–Crippen MR) is 191 cm³/mol. The molecule has 0 aromatic heterocycles. The summed E-state index contributed by atoms with van der Waals surface area (Å²) >= 11 is 0. The number of amides is 1. The maximum absolute atomic E-state index is 13.1. The number of nitrogens with one attached hydrogen (secondary N) is 1. The summed E-state index contributed by atoms with van der Waals surface area (Å²) in [4.78, 5) is 13.1. The minimum absolute atomic E-state index is 0.00113. The minimum atomic E-state index is -2.18. The van der Waals surface area contributed by atoms with Gasteiger partial charge in [-0.3, -0.25) is 0 Å². The van der Waals surface area contributed by atoms with Gasteiger partial charge in [-0.25, -0.2) is 4.79 Å². The first-order valence-corrected chi connectivity index (χ1v) is 20.6. The van der Waals surface area contributed by atoms with Gasteiger partial charge in [-0.1, -0.05) is 153 Å². The lowest BCUT2D eigenvalue weighted by molar-refractivity contribution is 0.102. The maximum atomic E-state index is 13.1. The first-order chi connectivity index (χ1) is 21.6. The van der Waals surface area contributed by atoms with Crippen LogP contribution in [0.15, 0.2) is 60.7 Å². The van der Waals surface area contributed by atoms with Gasteiger partial charge in [0.05, 0.1) is 18.8 Å². The number of hydrogen-bond donors (Lipinski definition) is 2. The molecule has 0 bridgehead atoms. The van der Waals surface area contributed by atoms with Crippen LogP contribution in [0.2, 0.25) is 18.1 Å². The van der Waals surface area contributed by atoms with Crippen molar-refractivity contribution in [3.8, 4) is 11.1 Å². The smallest absolute Gasteiger partial charge is 0.407 e. The van der Waals surface area contributed by atoms with Crippen molar-refractivity contribution in [1.29, 1.82) is 0 Å². The Morgan fingerprint density at radius 3 is 1.89 bits per heavy atom. The van der Waals surface area contributed by atoms with Crippen molar-refractivity contribution < 1.29 is 19.1 Å². The van der Waals surface area contributed by atoms with E-state index in [4.69, 9.17) is 9.16 Å². The van der Waals surface area contributed by atoms with E-state index in [9.17, 15) is 9.90 Å². The molecule has 0 saturated heterocycles. The zero-order valence-electron chi connectivity index (χ0n) is 29.1. The van der Waals surface area contributed by atoms with Crippen molar-refractivity contribution >= 4 is 14.4 Å². The monoisotopic (exact) mass is 635 g/mol. The maximum Gasteiger partial charge on any atom is 0.407 e. The van der Waals surface area contributed by atoms with Gasteiger partial charge >= 0.3 is 6.09 Å². The Morgan fingerprint density at radius 2 is 1.38 bits per heavy atom. The van der Waals surface area contributed by atoms with E-state index in [0.29, 0.717) is 0 Å². The summed E-state index contributed by atoms with van der Waals surface area (Å²) in [7, 11) is -2.18. The molecule has 2 atom stereocenters. The lowest BCUT2D eigenvalue weighted by Crippen LogP contribution is -2.52. The number of benzene rings is 2. The largest absolute Gasteiger partial charge is 0.449 e. The number of allylic oxidation sites excluding steroid dienone is 1. The number of carbonyl (C=O) groups excluding carboxylic acids is 1. The molecular weight excluding hydrogens is 575 g/mol. The van der Waals surface area contributed by atoms with Crippen molar-refractivity contribution in [2.24, 2.45) is 0 Å². The summed E-state index contributed by atoms with van der Waals surface area (Å²) in [6, 6.07) is 16.0. The van der Waals surface area contributed by atoms with E-state index in [0.717, 1.165) is 12.8 Å². The Bertz CT molecular complexity index is 1140. The molecule has 45 heavy (non-hydrogen) atoms. The van der Waals surface area contributed by atoms with Crippen LogP contribution in [0.5, 0.6) is 0 Å². The lowest BCUT2D eigenvalue weighted by Gasteiger charge is -2.40. The highest BCUT2D eigenvalue weighted by Crippen LogP contribution is 2.44. The first-order valence-electron chi connectivity index (χ1n) is 17.7.